The quantitative estimate of drug-likeness (QED) is 0.588. The SMILES string of the molecule is C=C(CC)/C(=C/CO)C(O)CC/C(C)=C/c1ccc(O)c2ccccc12. The van der Waals surface area contributed by atoms with Crippen LogP contribution in [0.5, 0.6) is 5.75 Å². The highest BCUT2D eigenvalue weighted by molar-refractivity contribution is 5.94. The lowest BCUT2D eigenvalue weighted by Gasteiger charge is -2.17. The number of phenolic OH excluding ortho intramolecular Hbond substituents is 1. The second-order valence-electron chi connectivity index (χ2n) is 6.56. The average Bonchev–Trinajstić information content (AvgIpc) is 2.66. The Morgan fingerprint density at radius 2 is 1.85 bits per heavy atom. The van der Waals surface area contributed by atoms with E-state index >= 15 is 0 Å². The molecule has 2 rings (SSSR count). The molecule has 2 aromatic carbocycles. The molecule has 0 saturated heterocycles. The monoisotopic (exact) mass is 352 g/mol. The molecule has 138 valence electrons. The second-order valence-corrected chi connectivity index (χ2v) is 6.56. The summed E-state index contributed by atoms with van der Waals surface area (Å²) in [5.74, 6) is 0.280. The van der Waals surface area contributed by atoms with E-state index in [1.54, 1.807) is 12.1 Å². The minimum atomic E-state index is -0.630. The van der Waals surface area contributed by atoms with Crippen molar-refractivity contribution in [2.24, 2.45) is 0 Å². The number of aliphatic hydroxyl groups is 2. The van der Waals surface area contributed by atoms with Crippen LogP contribution in [0.25, 0.3) is 16.8 Å². The summed E-state index contributed by atoms with van der Waals surface area (Å²) in [5.41, 5.74) is 3.79. The molecular formula is C23H28O3. The first-order chi connectivity index (χ1) is 12.5. The smallest absolute Gasteiger partial charge is 0.123 e. The van der Waals surface area contributed by atoms with Gasteiger partial charge in [0.15, 0.2) is 0 Å². The third kappa shape index (κ3) is 4.84. The predicted molar refractivity (Wildman–Crippen MR) is 109 cm³/mol. The lowest BCUT2D eigenvalue weighted by atomic mass is 9.94. The Morgan fingerprint density at radius 3 is 2.50 bits per heavy atom. The Hall–Kier alpha value is -2.36. The van der Waals surface area contributed by atoms with E-state index in [9.17, 15) is 10.2 Å². The van der Waals surface area contributed by atoms with Gasteiger partial charge in [-0.15, -0.1) is 0 Å². The maximum absolute atomic E-state index is 10.5. The number of hydrogen-bond acceptors (Lipinski definition) is 3. The molecule has 0 fully saturated rings. The summed E-state index contributed by atoms with van der Waals surface area (Å²) in [5, 5.41) is 31.5. The van der Waals surface area contributed by atoms with Crippen LogP contribution >= 0.6 is 0 Å². The number of rotatable bonds is 8. The first-order valence-electron chi connectivity index (χ1n) is 9.03. The van der Waals surface area contributed by atoms with Crippen LogP contribution in [-0.2, 0) is 0 Å². The fourth-order valence-electron chi connectivity index (χ4n) is 3.11. The van der Waals surface area contributed by atoms with E-state index in [0.29, 0.717) is 6.42 Å². The molecule has 0 spiro atoms. The maximum Gasteiger partial charge on any atom is 0.123 e. The van der Waals surface area contributed by atoms with Gasteiger partial charge in [0.1, 0.15) is 5.75 Å². The number of aromatic hydroxyl groups is 1. The average molecular weight is 352 g/mol. The van der Waals surface area contributed by atoms with Crippen LogP contribution in [0.1, 0.15) is 38.7 Å². The zero-order valence-corrected chi connectivity index (χ0v) is 15.6. The number of phenols is 1. The number of allylic oxidation sites excluding steroid dienone is 1. The minimum absolute atomic E-state index is 0.0975. The van der Waals surface area contributed by atoms with Crippen molar-refractivity contribution in [2.75, 3.05) is 6.61 Å². The summed E-state index contributed by atoms with van der Waals surface area (Å²) in [6, 6.07) is 11.4. The topological polar surface area (TPSA) is 60.7 Å². The first kappa shape index (κ1) is 20.0. The normalized spacial score (nSPS) is 13.8. The van der Waals surface area contributed by atoms with Gasteiger partial charge in [-0.05, 0) is 54.3 Å². The standard InChI is InChI=1S/C23H28O3/c1-4-17(3)19(13-14-24)22(25)11-9-16(2)15-18-10-12-23(26)21-8-6-5-7-20(18)21/h5-8,10,12-13,15,22,24-26H,3-4,9,11,14H2,1-2H3/b16-15+,19-13-. The lowest BCUT2D eigenvalue weighted by molar-refractivity contribution is 0.201. The van der Waals surface area contributed by atoms with Crippen molar-refractivity contribution in [1.29, 1.82) is 0 Å². The largest absolute Gasteiger partial charge is 0.507 e. The fraction of sp³-hybridized carbons (Fsp3) is 0.304. The maximum atomic E-state index is 10.5. The molecule has 1 unspecified atom stereocenters. The molecular weight excluding hydrogens is 324 g/mol. The van der Waals surface area contributed by atoms with Crippen molar-refractivity contribution in [1.82, 2.24) is 0 Å². The zero-order chi connectivity index (χ0) is 19.1. The van der Waals surface area contributed by atoms with Crippen LogP contribution < -0.4 is 0 Å². The molecule has 2 aromatic rings. The Kier molecular flexibility index (Phi) is 7.19. The zero-order valence-electron chi connectivity index (χ0n) is 15.6. The van der Waals surface area contributed by atoms with Crippen molar-refractivity contribution < 1.29 is 15.3 Å². The van der Waals surface area contributed by atoms with E-state index in [4.69, 9.17) is 5.11 Å². The van der Waals surface area contributed by atoms with E-state index in [1.807, 2.05) is 44.2 Å². The Bertz CT molecular complexity index is 830. The van der Waals surface area contributed by atoms with E-state index < -0.39 is 6.10 Å². The van der Waals surface area contributed by atoms with Crippen LogP contribution in [0.15, 0.2) is 65.8 Å². The van der Waals surface area contributed by atoms with Gasteiger partial charge in [0, 0.05) is 5.39 Å². The van der Waals surface area contributed by atoms with Crippen molar-refractivity contribution in [2.45, 2.75) is 39.2 Å². The predicted octanol–water partition coefficient (Wildman–Crippen LogP) is 4.97. The molecule has 3 heteroatoms. The number of aliphatic hydroxyl groups excluding tert-OH is 2. The summed E-state index contributed by atoms with van der Waals surface area (Å²) in [4.78, 5) is 0. The third-order valence-corrected chi connectivity index (χ3v) is 4.65. The number of benzene rings is 2. The Balaban J connectivity index is 2.15. The van der Waals surface area contributed by atoms with Gasteiger partial charge in [0.2, 0.25) is 0 Å². The van der Waals surface area contributed by atoms with Crippen molar-refractivity contribution in [3.8, 4) is 5.75 Å². The van der Waals surface area contributed by atoms with Crippen molar-refractivity contribution in [3.05, 3.63) is 71.3 Å². The molecule has 0 saturated carbocycles. The van der Waals surface area contributed by atoms with E-state index in [2.05, 4.69) is 12.7 Å². The molecule has 0 aliphatic rings. The van der Waals surface area contributed by atoms with E-state index in [1.165, 1.54) is 0 Å². The molecule has 0 radical (unpaired) electrons. The minimum Gasteiger partial charge on any atom is -0.507 e. The van der Waals surface area contributed by atoms with Gasteiger partial charge in [-0.3, -0.25) is 0 Å². The second kappa shape index (κ2) is 9.37. The van der Waals surface area contributed by atoms with Gasteiger partial charge in [-0.2, -0.15) is 0 Å². The van der Waals surface area contributed by atoms with Crippen LogP contribution in [0.3, 0.4) is 0 Å². The lowest BCUT2D eigenvalue weighted by Crippen LogP contribution is -2.12. The van der Waals surface area contributed by atoms with Crippen LogP contribution in [0, 0.1) is 0 Å². The van der Waals surface area contributed by atoms with Gasteiger partial charge >= 0.3 is 0 Å². The Morgan fingerprint density at radius 1 is 1.15 bits per heavy atom. The van der Waals surface area contributed by atoms with Crippen LogP contribution in [0.2, 0.25) is 0 Å². The van der Waals surface area contributed by atoms with E-state index in [-0.39, 0.29) is 12.4 Å². The van der Waals surface area contributed by atoms with E-state index in [0.717, 1.165) is 45.9 Å². The van der Waals surface area contributed by atoms with Gasteiger partial charge in [0.05, 0.1) is 12.7 Å². The molecule has 0 aliphatic heterocycles. The summed E-state index contributed by atoms with van der Waals surface area (Å²) in [6.45, 7) is 7.90. The molecule has 0 amide bonds. The Labute approximate surface area is 155 Å². The highest BCUT2D eigenvalue weighted by Crippen LogP contribution is 2.29. The van der Waals surface area contributed by atoms with Crippen molar-refractivity contribution in [3.63, 3.8) is 0 Å². The summed E-state index contributed by atoms with van der Waals surface area (Å²) in [6.07, 6.45) is 5.16. The van der Waals surface area contributed by atoms with Gasteiger partial charge < -0.3 is 15.3 Å². The van der Waals surface area contributed by atoms with Crippen LogP contribution in [0.4, 0.5) is 0 Å². The molecule has 3 nitrogen and oxygen atoms in total. The molecule has 26 heavy (non-hydrogen) atoms. The first-order valence-corrected chi connectivity index (χ1v) is 9.03. The molecule has 0 heterocycles. The van der Waals surface area contributed by atoms with Crippen molar-refractivity contribution >= 4 is 16.8 Å². The number of fused-ring (bicyclic) bond motifs is 1. The molecule has 0 aromatic heterocycles. The fourth-order valence-corrected chi connectivity index (χ4v) is 3.11. The molecule has 0 aliphatic carbocycles. The van der Waals surface area contributed by atoms with Gasteiger partial charge in [0.25, 0.3) is 0 Å². The van der Waals surface area contributed by atoms with Gasteiger partial charge in [-0.1, -0.05) is 61.6 Å². The van der Waals surface area contributed by atoms with Crippen LogP contribution in [-0.4, -0.2) is 28.0 Å². The summed E-state index contributed by atoms with van der Waals surface area (Å²) in [7, 11) is 0. The molecule has 3 N–H and O–H groups in total. The molecule has 0 bridgehead atoms. The molecule has 1 atom stereocenters. The number of hydrogen-bond donors (Lipinski definition) is 3. The summed E-state index contributed by atoms with van der Waals surface area (Å²) < 4.78 is 0. The third-order valence-electron chi connectivity index (χ3n) is 4.65. The highest BCUT2D eigenvalue weighted by Gasteiger charge is 2.13. The highest BCUT2D eigenvalue weighted by atomic mass is 16.3. The van der Waals surface area contributed by atoms with Gasteiger partial charge in [-0.25, -0.2) is 0 Å². The summed E-state index contributed by atoms with van der Waals surface area (Å²) >= 11 is 0.